The monoisotopic (exact) mass is 296 g/mol. The lowest BCUT2D eigenvalue weighted by atomic mass is 10.1. The second-order valence-electron chi connectivity index (χ2n) is 4.86. The SMILES string of the molecule is CCNCC1CCN(c2cc(C)ccc2Br)C1. The number of benzene rings is 1. The Bertz CT molecular complexity index is 378. The largest absolute Gasteiger partial charge is 0.370 e. The number of aryl methyl sites for hydroxylation is 1. The van der Waals surface area contributed by atoms with Crippen molar-refractivity contribution in [2.75, 3.05) is 31.1 Å². The fourth-order valence-electron chi connectivity index (χ4n) is 2.43. The summed E-state index contributed by atoms with van der Waals surface area (Å²) in [6.45, 7) is 8.90. The van der Waals surface area contributed by atoms with Crippen LogP contribution in [-0.2, 0) is 0 Å². The first-order valence-electron chi connectivity index (χ1n) is 6.42. The molecule has 0 aromatic heterocycles. The van der Waals surface area contributed by atoms with E-state index in [1.165, 1.54) is 35.2 Å². The molecule has 0 bridgehead atoms. The third-order valence-electron chi connectivity index (χ3n) is 3.41. The topological polar surface area (TPSA) is 15.3 Å². The summed E-state index contributed by atoms with van der Waals surface area (Å²) in [5, 5.41) is 3.45. The van der Waals surface area contributed by atoms with Crippen molar-refractivity contribution in [2.24, 2.45) is 5.92 Å². The molecule has 1 saturated heterocycles. The van der Waals surface area contributed by atoms with E-state index in [0.29, 0.717) is 0 Å². The Morgan fingerprint density at radius 3 is 3.06 bits per heavy atom. The maximum absolute atomic E-state index is 3.66. The van der Waals surface area contributed by atoms with Gasteiger partial charge in [0.15, 0.2) is 0 Å². The van der Waals surface area contributed by atoms with Crippen LogP contribution in [0.25, 0.3) is 0 Å². The summed E-state index contributed by atoms with van der Waals surface area (Å²) >= 11 is 3.66. The Morgan fingerprint density at radius 2 is 2.29 bits per heavy atom. The quantitative estimate of drug-likeness (QED) is 0.918. The van der Waals surface area contributed by atoms with Crippen LogP contribution in [0.1, 0.15) is 18.9 Å². The van der Waals surface area contributed by atoms with Gasteiger partial charge in [0.05, 0.1) is 5.69 Å². The second-order valence-corrected chi connectivity index (χ2v) is 5.72. The zero-order chi connectivity index (χ0) is 12.3. The fourth-order valence-corrected chi connectivity index (χ4v) is 2.93. The van der Waals surface area contributed by atoms with Crippen LogP contribution in [0.2, 0.25) is 0 Å². The van der Waals surface area contributed by atoms with E-state index in [2.05, 4.69) is 58.2 Å². The van der Waals surface area contributed by atoms with E-state index in [4.69, 9.17) is 0 Å². The Hall–Kier alpha value is -0.540. The first-order valence-corrected chi connectivity index (χ1v) is 7.22. The van der Waals surface area contributed by atoms with Crippen LogP contribution in [0.5, 0.6) is 0 Å². The van der Waals surface area contributed by atoms with Gasteiger partial charge in [-0.25, -0.2) is 0 Å². The van der Waals surface area contributed by atoms with Crippen molar-refractivity contribution in [3.8, 4) is 0 Å². The Kier molecular flexibility index (Phi) is 4.46. The Morgan fingerprint density at radius 1 is 1.47 bits per heavy atom. The van der Waals surface area contributed by atoms with Gasteiger partial charge in [0.1, 0.15) is 0 Å². The maximum Gasteiger partial charge on any atom is 0.0513 e. The van der Waals surface area contributed by atoms with Gasteiger partial charge in [0, 0.05) is 17.6 Å². The molecule has 1 atom stereocenters. The summed E-state index contributed by atoms with van der Waals surface area (Å²) in [6.07, 6.45) is 1.30. The zero-order valence-corrected chi connectivity index (χ0v) is 12.3. The van der Waals surface area contributed by atoms with Gasteiger partial charge < -0.3 is 10.2 Å². The molecule has 1 unspecified atom stereocenters. The number of nitrogens with one attached hydrogen (secondary N) is 1. The normalized spacial score (nSPS) is 19.9. The minimum absolute atomic E-state index is 0.794. The number of anilines is 1. The summed E-state index contributed by atoms with van der Waals surface area (Å²) in [7, 11) is 0. The number of hydrogen-bond donors (Lipinski definition) is 1. The fraction of sp³-hybridized carbons (Fsp3) is 0.571. The third-order valence-corrected chi connectivity index (χ3v) is 4.08. The first kappa shape index (κ1) is 12.9. The molecule has 0 amide bonds. The molecule has 94 valence electrons. The summed E-state index contributed by atoms with van der Waals surface area (Å²) < 4.78 is 1.22. The lowest BCUT2D eigenvalue weighted by Gasteiger charge is -2.21. The molecule has 1 heterocycles. The molecule has 2 nitrogen and oxygen atoms in total. The second kappa shape index (κ2) is 5.87. The van der Waals surface area contributed by atoms with Crippen molar-refractivity contribution in [2.45, 2.75) is 20.3 Å². The summed E-state index contributed by atoms with van der Waals surface area (Å²) in [6, 6.07) is 6.59. The highest BCUT2D eigenvalue weighted by Gasteiger charge is 2.23. The van der Waals surface area contributed by atoms with Gasteiger partial charge in [-0.3, -0.25) is 0 Å². The van der Waals surface area contributed by atoms with Crippen molar-refractivity contribution >= 4 is 21.6 Å². The molecule has 1 aliphatic rings. The van der Waals surface area contributed by atoms with Gasteiger partial charge in [-0.1, -0.05) is 13.0 Å². The molecule has 3 heteroatoms. The standard InChI is InChI=1S/C14H21BrN2/c1-3-16-9-12-6-7-17(10-12)14-8-11(2)4-5-13(14)15/h4-5,8,12,16H,3,6-7,9-10H2,1-2H3. The lowest BCUT2D eigenvalue weighted by Crippen LogP contribution is -2.26. The number of nitrogens with zero attached hydrogens (tertiary/aromatic N) is 1. The van der Waals surface area contributed by atoms with Gasteiger partial charge in [-0.15, -0.1) is 0 Å². The highest BCUT2D eigenvalue weighted by Crippen LogP contribution is 2.31. The van der Waals surface area contributed by atoms with E-state index >= 15 is 0 Å². The number of hydrogen-bond acceptors (Lipinski definition) is 2. The highest BCUT2D eigenvalue weighted by molar-refractivity contribution is 9.10. The highest BCUT2D eigenvalue weighted by atomic mass is 79.9. The van der Waals surface area contributed by atoms with Crippen molar-refractivity contribution in [3.63, 3.8) is 0 Å². The van der Waals surface area contributed by atoms with Crippen LogP contribution in [0.15, 0.2) is 22.7 Å². The molecule has 1 aromatic rings. The maximum atomic E-state index is 3.66. The summed E-state index contributed by atoms with van der Waals surface area (Å²) in [4.78, 5) is 2.50. The molecule has 1 fully saturated rings. The molecule has 0 radical (unpaired) electrons. The van der Waals surface area contributed by atoms with E-state index in [-0.39, 0.29) is 0 Å². The van der Waals surface area contributed by atoms with Crippen molar-refractivity contribution in [3.05, 3.63) is 28.2 Å². The molecule has 0 aliphatic carbocycles. The lowest BCUT2D eigenvalue weighted by molar-refractivity contribution is 0.528. The van der Waals surface area contributed by atoms with Crippen LogP contribution in [-0.4, -0.2) is 26.2 Å². The predicted octanol–water partition coefficient (Wildman–Crippen LogP) is 3.19. The van der Waals surface area contributed by atoms with E-state index in [0.717, 1.165) is 19.0 Å². The van der Waals surface area contributed by atoms with E-state index in [1.54, 1.807) is 0 Å². The smallest absolute Gasteiger partial charge is 0.0513 e. The molecule has 0 saturated carbocycles. The molecular weight excluding hydrogens is 276 g/mol. The van der Waals surface area contributed by atoms with Crippen molar-refractivity contribution < 1.29 is 0 Å². The van der Waals surface area contributed by atoms with Gasteiger partial charge >= 0.3 is 0 Å². The van der Waals surface area contributed by atoms with Gasteiger partial charge in [0.25, 0.3) is 0 Å². The van der Waals surface area contributed by atoms with Crippen LogP contribution in [0.3, 0.4) is 0 Å². The van der Waals surface area contributed by atoms with Crippen LogP contribution < -0.4 is 10.2 Å². The predicted molar refractivity (Wildman–Crippen MR) is 77.7 cm³/mol. The van der Waals surface area contributed by atoms with Gasteiger partial charge in [0.2, 0.25) is 0 Å². The van der Waals surface area contributed by atoms with Gasteiger partial charge in [-0.2, -0.15) is 0 Å². The van der Waals surface area contributed by atoms with E-state index in [1.807, 2.05) is 0 Å². The molecule has 17 heavy (non-hydrogen) atoms. The third kappa shape index (κ3) is 3.23. The molecule has 1 N–H and O–H groups in total. The summed E-state index contributed by atoms with van der Waals surface area (Å²) in [5.74, 6) is 0.794. The van der Waals surface area contributed by atoms with Gasteiger partial charge in [-0.05, 0) is 66.0 Å². The van der Waals surface area contributed by atoms with Crippen LogP contribution >= 0.6 is 15.9 Å². The van der Waals surface area contributed by atoms with E-state index < -0.39 is 0 Å². The van der Waals surface area contributed by atoms with Crippen LogP contribution in [0, 0.1) is 12.8 Å². The van der Waals surface area contributed by atoms with Crippen molar-refractivity contribution in [1.29, 1.82) is 0 Å². The minimum Gasteiger partial charge on any atom is -0.370 e. The zero-order valence-electron chi connectivity index (χ0n) is 10.7. The Labute approximate surface area is 113 Å². The Balaban J connectivity index is 2.02. The molecule has 1 aliphatic heterocycles. The minimum atomic E-state index is 0.794. The van der Waals surface area contributed by atoms with E-state index in [9.17, 15) is 0 Å². The average Bonchev–Trinajstić information content (AvgIpc) is 2.78. The molecule has 0 spiro atoms. The van der Waals surface area contributed by atoms with Crippen LogP contribution in [0.4, 0.5) is 5.69 Å². The molecule has 2 rings (SSSR count). The van der Waals surface area contributed by atoms with Crippen molar-refractivity contribution in [1.82, 2.24) is 5.32 Å². The molecule has 1 aromatic carbocycles. The number of rotatable bonds is 4. The average molecular weight is 297 g/mol. The first-order chi connectivity index (χ1) is 8.20. The number of halogens is 1. The summed E-state index contributed by atoms with van der Waals surface area (Å²) in [5.41, 5.74) is 2.68. The molecular formula is C14H21BrN2.